The molecule has 3 aliphatic rings. The van der Waals surface area contributed by atoms with Crippen molar-refractivity contribution in [3.05, 3.63) is 0 Å². The summed E-state index contributed by atoms with van der Waals surface area (Å²) in [5.41, 5.74) is 0. The molecule has 9 heteroatoms. The predicted molar refractivity (Wildman–Crippen MR) is 87.6 cm³/mol. The molecule has 0 aromatic rings. The molecule has 3 heterocycles. The summed E-state index contributed by atoms with van der Waals surface area (Å²) >= 11 is 0. The minimum atomic E-state index is -3.42. The second-order valence-electron chi connectivity index (χ2n) is 6.57. The first-order chi connectivity index (χ1) is 11.6. The van der Waals surface area contributed by atoms with E-state index in [1.165, 1.54) is 8.61 Å². The molecule has 3 aliphatic heterocycles. The van der Waals surface area contributed by atoms with Gasteiger partial charge >= 0.3 is 0 Å². The Morgan fingerprint density at radius 1 is 1.00 bits per heavy atom. The lowest BCUT2D eigenvalue weighted by atomic mass is 9.97. The molecule has 3 fully saturated rings. The maximum Gasteiger partial charge on any atom is 0.282 e. The zero-order valence-electron chi connectivity index (χ0n) is 14.0. The van der Waals surface area contributed by atoms with Crippen LogP contribution in [0.25, 0.3) is 0 Å². The molecule has 8 nitrogen and oxygen atoms in total. The molecule has 0 saturated carbocycles. The largest absolute Gasteiger partial charge is 0.379 e. The van der Waals surface area contributed by atoms with Gasteiger partial charge in [0.25, 0.3) is 10.2 Å². The highest BCUT2D eigenvalue weighted by Crippen LogP contribution is 2.22. The van der Waals surface area contributed by atoms with Gasteiger partial charge in [0.15, 0.2) is 0 Å². The number of rotatable bonds is 5. The van der Waals surface area contributed by atoms with Crippen LogP contribution in [-0.4, -0.2) is 81.6 Å². The van der Waals surface area contributed by atoms with E-state index in [0.29, 0.717) is 58.8 Å². The summed E-state index contributed by atoms with van der Waals surface area (Å²) in [7, 11) is -3.42. The molecular formula is C15H27N3O5S. The Balaban J connectivity index is 1.45. The summed E-state index contributed by atoms with van der Waals surface area (Å²) in [5, 5.41) is 2.95. The lowest BCUT2D eigenvalue weighted by Gasteiger charge is -2.35. The standard InChI is InChI=1S/C15H27N3O5S/c19-15(16-12-14-2-1-9-23-14)13-3-5-17(6-4-13)24(20,21)18-7-10-22-11-8-18/h13-14H,1-12H2,(H,16,19). The van der Waals surface area contributed by atoms with Gasteiger partial charge in [-0.25, -0.2) is 0 Å². The normalized spacial score (nSPS) is 28.1. The first-order valence-corrected chi connectivity index (χ1v) is 10.2. The quantitative estimate of drug-likeness (QED) is 0.718. The number of nitrogens with one attached hydrogen (secondary N) is 1. The molecule has 138 valence electrons. The summed E-state index contributed by atoms with van der Waals surface area (Å²) in [4.78, 5) is 12.3. The highest BCUT2D eigenvalue weighted by Gasteiger charge is 2.35. The molecule has 0 bridgehead atoms. The van der Waals surface area contributed by atoms with E-state index in [-0.39, 0.29) is 17.9 Å². The Kier molecular flexibility index (Phi) is 6.09. The first kappa shape index (κ1) is 18.1. The fraction of sp³-hybridized carbons (Fsp3) is 0.933. The van der Waals surface area contributed by atoms with Crippen LogP contribution >= 0.6 is 0 Å². The van der Waals surface area contributed by atoms with Gasteiger partial charge in [0.1, 0.15) is 0 Å². The van der Waals surface area contributed by atoms with Crippen molar-refractivity contribution in [1.29, 1.82) is 0 Å². The van der Waals surface area contributed by atoms with Gasteiger partial charge < -0.3 is 14.8 Å². The van der Waals surface area contributed by atoms with Crippen molar-refractivity contribution in [3.63, 3.8) is 0 Å². The fourth-order valence-corrected chi connectivity index (χ4v) is 5.06. The van der Waals surface area contributed by atoms with Crippen LogP contribution in [0.5, 0.6) is 0 Å². The lowest BCUT2D eigenvalue weighted by Crippen LogP contribution is -2.51. The van der Waals surface area contributed by atoms with Crippen LogP contribution in [0.15, 0.2) is 0 Å². The van der Waals surface area contributed by atoms with Gasteiger partial charge in [-0.3, -0.25) is 4.79 Å². The number of piperidine rings is 1. The summed E-state index contributed by atoms with van der Waals surface area (Å²) in [6.45, 7) is 3.84. The van der Waals surface area contributed by atoms with Gasteiger partial charge in [-0.05, 0) is 25.7 Å². The van der Waals surface area contributed by atoms with Crippen LogP contribution in [0.4, 0.5) is 0 Å². The first-order valence-electron chi connectivity index (χ1n) is 8.79. The number of carbonyl (C=O) groups is 1. The number of hydrogen-bond donors (Lipinski definition) is 1. The maximum absolute atomic E-state index is 12.6. The van der Waals surface area contributed by atoms with Crippen LogP contribution in [0.3, 0.4) is 0 Å². The predicted octanol–water partition coefficient (Wildman–Crippen LogP) is -0.429. The summed E-state index contributed by atoms with van der Waals surface area (Å²) < 4.78 is 38.9. The second-order valence-corrected chi connectivity index (χ2v) is 8.50. The SMILES string of the molecule is O=C(NCC1CCCO1)C1CCN(S(=O)(=O)N2CCOCC2)CC1. The molecule has 0 radical (unpaired) electrons. The van der Waals surface area contributed by atoms with Crippen molar-refractivity contribution in [2.45, 2.75) is 31.8 Å². The van der Waals surface area contributed by atoms with Crippen molar-refractivity contribution >= 4 is 16.1 Å². The number of nitrogens with zero attached hydrogens (tertiary/aromatic N) is 2. The zero-order chi connectivity index (χ0) is 17.0. The number of hydrogen-bond acceptors (Lipinski definition) is 5. The Morgan fingerprint density at radius 2 is 1.67 bits per heavy atom. The average molecular weight is 361 g/mol. The zero-order valence-corrected chi connectivity index (χ0v) is 14.8. The molecule has 0 aromatic heterocycles. The number of amides is 1. The molecule has 3 saturated heterocycles. The summed E-state index contributed by atoms with van der Waals surface area (Å²) in [6, 6.07) is 0. The number of morpholine rings is 1. The van der Waals surface area contributed by atoms with E-state index in [9.17, 15) is 13.2 Å². The van der Waals surface area contributed by atoms with E-state index >= 15 is 0 Å². The van der Waals surface area contributed by atoms with Crippen molar-refractivity contribution in [2.75, 3.05) is 52.5 Å². The minimum Gasteiger partial charge on any atom is -0.379 e. The molecule has 24 heavy (non-hydrogen) atoms. The van der Waals surface area contributed by atoms with Gasteiger partial charge in [0.2, 0.25) is 5.91 Å². The molecule has 1 atom stereocenters. The highest BCUT2D eigenvalue weighted by molar-refractivity contribution is 7.86. The van der Waals surface area contributed by atoms with Crippen LogP contribution in [-0.2, 0) is 24.5 Å². The number of carbonyl (C=O) groups excluding carboxylic acids is 1. The lowest BCUT2D eigenvalue weighted by molar-refractivity contribution is -0.126. The van der Waals surface area contributed by atoms with E-state index < -0.39 is 10.2 Å². The monoisotopic (exact) mass is 361 g/mol. The van der Waals surface area contributed by atoms with Crippen molar-refractivity contribution < 1.29 is 22.7 Å². The number of ether oxygens (including phenoxy) is 2. The van der Waals surface area contributed by atoms with E-state index in [0.717, 1.165) is 19.4 Å². The maximum atomic E-state index is 12.6. The fourth-order valence-electron chi connectivity index (χ4n) is 3.45. The van der Waals surface area contributed by atoms with Crippen LogP contribution in [0, 0.1) is 5.92 Å². The van der Waals surface area contributed by atoms with Crippen molar-refractivity contribution in [2.24, 2.45) is 5.92 Å². The molecular weight excluding hydrogens is 334 g/mol. The third-order valence-electron chi connectivity index (χ3n) is 4.98. The third kappa shape index (κ3) is 4.26. The second kappa shape index (κ2) is 8.09. The van der Waals surface area contributed by atoms with Gasteiger partial charge in [-0.1, -0.05) is 0 Å². The Morgan fingerprint density at radius 3 is 2.29 bits per heavy atom. The summed E-state index contributed by atoms with van der Waals surface area (Å²) in [6.07, 6.45) is 3.33. The highest BCUT2D eigenvalue weighted by atomic mass is 32.2. The smallest absolute Gasteiger partial charge is 0.282 e. The molecule has 3 rings (SSSR count). The molecule has 0 spiro atoms. The van der Waals surface area contributed by atoms with E-state index in [2.05, 4.69) is 5.32 Å². The molecule has 1 N–H and O–H groups in total. The molecule has 0 aliphatic carbocycles. The molecule has 0 aromatic carbocycles. The van der Waals surface area contributed by atoms with Crippen molar-refractivity contribution in [1.82, 2.24) is 13.9 Å². The molecule has 1 unspecified atom stereocenters. The van der Waals surface area contributed by atoms with Gasteiger partial charge in [0, 0.05) is 45.2 Å². The van der Waals surface area contributed by atoms with Crippen LogP contribution in [0.2, 0.25) is 0 Å². The van der Waals surface area contributed by atoms with Crippen molar-refractivity contribution in [3.8, 4) is 0 Å². The molecule has 1 amide bonds. The Bertz CT molecular complexity index is 521. The van der Waals surface area contributed by atoms with Gasteiger partial charge in [0.05, 0.1) is 19.3 Å². The van der Waals surface area contributed by atoms with Gasteiger partial charge in [-0.2, -0.15) is 17.0 Å². The topological polar surface area (TPSA) is 88.2 Å². The van der Waals surface area contributed by atoms with E-state index in [1.54, 1.807) is 0 Å². The Labute approximate surface area is 143 Å². The summed E-state index contributed by atoms with van der Waals surface area (Å²) in [5.74, 6) is -0.0866. The van der Waals surface area contributed by atoms with Crippen LogP contribution in [0.1, 0.15) is 25.7 Å². The van der Waals surface area contributed by atoms with E-state index in [4.69, 9.17) is 9.47 Å². The minimum absolute atomic E-state index is 0.0221. The van der Waals surface area contributed by atoms with Crippen LogP contribution < -0.4 is 5.32 Å². The third-order valence-corrected chi connectivity index (χ3v) is 7.01. The average Bonchev–Trinajstić information content (AvgIpc) is 3.14. The van der Waals surface area contributed by atoms with E-state index in [1.807, 2.05) is 0 Å². The van der Waals surface area contributed by atoms with Gasteiger partial charge in [-0.15, -0.1) is 0 Å². The Hall–Kier alpha value is -0.740.